The van der Waals surface area contributed by atoms with Gasteiger partial charge in [0.15, 0.2) is 0 Å². The number of amides is 1. The van der Waals surface area contributed by atoms with Crippen LogP contribution in [0.4, 0.5) is 5.69 Å². The third-order valence-electron chi connectivity index (χ3n) is 1.99. The molecule has 1 aromatic carbocycles. The molecular formula is C11H13NO3. The Bertz CT molecular complexity index is 348. The molecule has 0 aliphatic rings. The minimum absolute atomic E-state index is 0.368. The number of carbonyl (C=O) groups is 2. The standard InChI is InChI=1S/C11H13NO3/c1-8(11(14)15-2)10(13)12-9-6-4-3-5-7-9/h3-8H,1-2H3,(H,12,13). The SMILES string of the molecule is COC(=O)C(C)C(=O)Nc1ccccc1. The van der Waals surface area contributed by atoms with E-state index in [1.807, 2.05) is 6.07 Å². The molecular weight excluding hydrogens is 194 g/mol. The van der Waals surface area contributed by atoms with Crippen molar-refractivity contribution in [2.75, 3.05) is 12.4 Å². The maximum Gasteiger partial charge on any atom is 0.317 e. The molecule has 1 unspecified atom stereocenters. The van der Waals surface area contributed by atoms with Crippen LogP contribution in [0.15, 0.2) is 30.3 Å². The number of rotatable bonds is 3. The lowest BCUT2D eigenvalue weighted by molar-refractivity contribution is -0.147. The topological polar surface area (TPSA) is 55.4 Å². The normalized spacial score (nSPS) is 11.6. The average Bonchev–Trinajstić information content (AvgIpc) is 2.28. The number of hydrogen-bond donors (Lipinski definition) is 1. The molecule has 1 atom stereocenters. The molecule has 1 amide bonds. The number of ether oxygens (including phenoxy) is 1. The molecule has 0 heterocycles. The number of nitrogens with one attached hydrogen (secondary N) is 1. The Balaban J connectivity index is 2.60. The van der Waals surface area contributed by atoms with Gasteiger partial charge in [0.2, 0.25) is 5.91 Å². The number of hydrogen-bond acceptors (Lipinski definition) is 3. The quantitative estimate of drug-likeness (QED) is 0.602. The van der Waals surface area contributed by atoms with Gasteiger partial charge in [-0.2, -0.15) is 0 Å². The first-order chi connectivity index (χ1) is 7.15. The van der Waals surface area contributed by atoms with E-state index in [1.165, 1.54) is 14.0 Å². The highest BCUT2D eigenvalue weighted by atomic mass is 16.5. The van der Waals surface area contributed by atoms with Crippen molar-refractivity contribution >= 4 is 17.6 Å². The van der Waals surface area contributed by atoms with E-state index in [4.69, 9.17) is 0 Å². The summed E-state index contributed by atoms with van der Waals surface area (Å²) in [5.74, 6) is -1.70. The predicted molar refractivity (Wildman–Crippen MR) is 56.3 cm³/mol. The fourth-order valence-corrected chi connectivity index (χ4v) is 1.06. The molecule has 0 saturated heterocycles. The van der Waals surface area contributed by atoms with Crippen LogP contribution in [0, 0.1) is 5.92 Å². The zero-order chi connectivity index (χ0) is 11.3. The lowest BCUT2D eigenvalue weighted by Crippen LogP contribution is -2.28. The molecule has 80 valence electrons. The highest BCUT2D eigenvalue weighted by Gasteiger charge is 2.21. The lowest BCUT2D eigenvalue weighted by atomic mass is 10.1. The van der Waals surface area contributed by atoms with Crippen LogP contribution in [0.1, 0.15) is 6.92 Å². The van der Waals surface area contributed by atoms with Gasteiger partial charge in [-0.15, -0.1) is 0 Å². The molecule has 0 fully saturated rings. The second kappa shape index (κ2) is 5.14. The number of methoxy groups -OCH3 is 1. The number of esters is 1. The molecule has 0 aliphatic carbocycles. The molecule has 15 heavy (non-hydrogen) atoms. The number of anilines is 1. The fourth-order valence-electron chi connectivity index (χ4n) is 1.06. The molecule has 1 rings (SSSR count). The Morgan fingerprint density at radius 3 is 2.40 bits per heavy atom. The summed E-state index contributed by atoms with van der Waals surface area (Å²) in [4.78, 5) is 22.6. The Morgan fingerprint density at radius 1 is 1.27 bits per heavy atom. The van der Waals surface area contributed by atoms with Crippen LogP contribution in [0.3, 0.4) is 0 Å². The second-order valence-corrected chi connectivity index (χ2v) is 3.10. The first-order valence-corrected chi connectivity index (χ1v) is 4.59. The predicted octanol–water partition coefficient (Wildman–Crippen LogP) is 1.43. The van der Waals surface area contributed by atoms with E-state index in [2.05, 4.69) is 10.1 Å². The van der Waals surface area contributed by atoms with Gasteiger partial charge < -0.3 is 10.1 Å². The van der Waals surface area contributed by atoms with Crippen LogP contribution in [0.2, 0.25) is 0 Å². The minimum atomic E-state index is -0.796. The molecule has 4 nitrogen and oxygen atoms in total. The first kappa shape index (κ1) is 11.2. The zero-order valence-corrected chi connectivity index (χ0v) is 8.69. The fraction of sp³-hybridized carbons (Fsp3) is 0.273. The summed E-state index contributed by atoms with van der Waals surface area (Å²) < 4.78 is 4.47. The van der Waals surface area contributed by atoms with Gasteiger partial charge in [0.1, 0.15) is 5.92 Å². The Labute approximate surface area is 88.2 Å². The zero-order valence-electron chi connectivity index (χ0n) is 8.69. The monoisotopic (exact) mass is 207 g/mol. The maximum absolute atomic E-state index is 11.5. The molecule has 1 aromatic rings. The number of para-hydroxylation sites is 1. The number of carbonyl (C=O) groups excluding carboxylic acids is 2. The van der Waals surface area contributed by atoms with E-state index in [1.54, 1.807) is 24.3 Å². The van der Waals surface area contributed by atoms with E-state index in [-0.39, 0.29) is 5.91 Å². The van der Waals surface area contributed by atoms with Gasteiger partial charge >= 0.3 is 5.97 Å². The molecule has 0 aromatic heterocycles. The summed E-state index contributed by atoms with van der Waals surface area (Å²) in [6.07, 6.45) is 0. The van der Waals surface area contributed by atoms with Crippen molar-refractivity contribution in [3.8, 4) is 0 Å². The minimum Gasteiger partial charge on any atom is -0.468 e. The summed E-state index contributed by atoms with van der Waals surface area (Å²) in [6, 6.07) is 8.96. The van der Waals surface area contributed by atoms with Crippen molar-refractivity contribution in [3.63, 3.8) is 0 Å². The van der Waals surface area contributed by atoms with Gasteiger partial charge in [0.25, 0.3) is 0 Å². The van der Waals surface area contributed by atoms with Crippen LogP contribution >= 0.6 is 0 Å². The average molecular weight is 207 g/mol. The molecule has 4 heteroatoms. The third-order valence-corrected chi connectivity index (χ3v) is 1.99. The van der Waals surface area contributed by atoms with Crippen molar-refractivity contribution in [2.45, 2.75) is 6.92 Å². The molecule has 0 bridgehead atoms. The first-order valence-electron chi connectivity index (χ1n) is 4.59. The molecule has 0 spiro atoms. The highest BCUT2D eigenvalue weighted by molar-refractivity contribution is 6.04. The van der Waals surface area contributed by atoms with Crippen LogP contribution in [-0.2, 0) is 14.3 Å². The van der Waals surface area contributed by atoms with E-state index < -0.39 is 11.9 Å². The van der Waals surface area contributed by atoms with Crippen LogP contribution in [0.5, 0.6) is 0 Å². The van der Waals surface area contributed by atoms with Crippen LogP contribution in [0.25, 0.3) is 0 Å². The summed E-state index contributed by atoms with van der Waals surface area (Å²) in [5, 5.41) is 2.62. The van der Waals surface area contributed by atoms with E-state index in [0.717, 1.165) is 0 Å². The van der Waals surface area contributed by atoms with E-state index in [9.17, 15) is 9.59 Å². The molecule has 0 aliphatic heterocycles. The molecule has 0 saturated carbocycles. The highest BCUT2D eigenvalue weighted by Crippen LogP contribution is 2.08. The Hall–Kier alpha value is -1.84. The van der Waals surface area contributed by atoms with Crippen LogP contribution < -0.4 is 5.32 Å². The van der Waals surface area contributed by atoms with Crippen LogP contribution in [-0.4, -0.2) is 19.0 Å². The van der Waals surface area contributed by atoms with Crippen molar-refractivity contribution in [1.29, 1.82) is 0 Å². The Morgan fingerprint density at radius 2 is 1.87 bits per heavy atom. The maximum atomic E-state index is 11.5. The summed E-state index contributed by atoms with van der Waals surface area (Å²) in [5.41, 5.74) is 0.665. The smallest absolute Gasteiger partial charge is 0.317 e. The second-order valence-electron chi connectivity index (χ2n) is 3.10. The summed E-state index contributed by atoms with van der Waals surface area (Å²) in [6.45, 7) is 1.50. The number of benzene rings is 1. The van der Waals surface area contributed by atoms with E-state index in [0.29, 0.717) is 5.69 Å². The van der Waals surface area contributed by atoms with Gasteiger partial charge in [0, 0.05) is 5.69 Å². The van der Waals surface area contributed by atoms with Gasteiger partial charge in [-0.1, -0.05) is 18.2 Å². The molecule has 0 radical (unpaired) electrons. The van der Waals surface area contributed by atoms with Crippen molar-refractivity contribution in [3.05, 3.63) is 30.3 Å². The lowest BCUT2D eigenvalue weighted by Gasteiger charge is -2.09. The van der Waals surface area contributed by atoms with Gasteiger partial charge in [-0.3, -0.25) is 9.59 Å². The third kappa shape index (κ3) is 3.09. The summed E-state index contributed by atoms with van der Waals surface area (Å²) >= 11 is 0. The van der Waals surface area contributed by atoms with E-state index >= 15 is 0 Å². The van der Waals surface area contributed by atoms with Crippen molar-refractivity contribution < 1.29 is 14.3 Å². The van der Waals surface area contributed by atoms with Crippen molar-refractivity contribution in [2.24, 2.45) is 5.92 Å². The van der Waals surface area contributed by atoms with Gasteiger partial charge in [-0.25, -0.2) is 0 Å². The van der Waals surface area contributed by atoms with Crippen molar-refractivity contribution in [1.82, 2.24) is 0 Å². The van der Waals surface area contributed by atoms with Gasteiger partial charge in [0.05, 0.1) is 7.11 Å². The summed E-state index contributed by atoms with van der Waals surface area (Å²) in [7, 11) is 1.26. The molecule has 1 N–H and O–H groups in total. The van der Waals surface area contributed by atoms with Gasteiger partial charge in [-0.05, 0) is 19.1 Å². The Kier molecular flexibility index (Phi) is 3.85. The largest absolute Gasteiger partial charge is 0.468 e.